The zero-order chi connectivity index (χ0) is 39.8. The van der Waals surface area contributed by atoms with Gasteiger partial charge >= 0.3 is 11.9 Å². The minimum atomic E-state index is -1.84. The van der Waals surface area contributed by atoms with Crippen LogP contribution in [0.4, 0.5) is 0 Å². The van der Waals surface area contributed by atoms with Crippen LogP contribution in [0, 0.1) is 0 Å². The van der Waals surface area contributed by atoms with Gasteiger partial charge in [-0.25, -0.2) is 9.59 Å². The van der Waals surface area contributed by atoms with Crippen molar-refractivity contribution in [2.75, 3.05) is 13.2 Å². The molecule has 2 saturated heterocycles. The minimum Gasteiger partial charge on any atom is -0.508 e. The maximum atomic E-state index is 13.2. The normalized spacial score (nSPS) is 28.3. The third-order valence-corrected chi connectivity index (χ3v) is 8.79. The predicted molar refractivity (Wildman–Crippen MR) is 188 cm³/mol. The predicted octanol–water partition coefficient (Wildman–Crippen LogP) is 0.954. The minimum absolute atomic E-state index is 0.0223. The Morgan fingerprint density at radius 2 is 1.31 bits per heavy atom. The number of carbonyl (C=O) groups is 2. The summed E-state index contributed by atoms with van der Waals surface area (Å²) in [5, 5.41) is 91.5. The number of esters is 2. The Bertz CT molecular complexity index is 1830. The van der Waals surface area contributed by atoms with Gasteiger partial charge in [0, 0.05) is 12.2 Å². The van der Waals surface area contributed by atoms with Gasteiger partial charge in [-0.3, -0.25) is 0 Å². The monoisotopic (exact) mass is 770 g/mol. The topological polar surface area (TPSA) is 272 Å². The van der Waals surface area contributed by atoms with Crippen LogP contribution in [0.2, 0.25) is 0 Å². The smallest absolute Gasteiger partial charge is 0.331 e. The third-order valence-electron chi connectivity index (χ3n) is 8.79. The van der Waals surface area contributed by atoms with Gasteiger partial charge in [0.15, 0.2) is 41.7 Å². The maximum absolute atomic E-state index is 13.2. The summed E-state index contributed by atoms with van der Waals surface area (Å²) in [5.74, 6) is -3.41. The highest BCUT2D eigenvalue weighted by Gasteiger charge is 2.52. The molecular weight excluding hydrogens is 728 g/mol. The summed E-state index contributed by atoms with van der Waals surface area (Å²) in [6.07, 6.45) is -11.0. The van der Waals surface area contributed by atoms with E-state index in [-0.39, 0.29) is 36.0 Å². The van der Waals surface area contributed by atoms with Crippen molar-refractivity contribution in [2.45, 2.75) is 74.8 Å². The third kappa shape index (κ3) is 10.7. The molecule has 0 spiro atoms. The highest BCUT2D eigenvalue weighted by molar-refractivity contribution is 5.88. The quantitative estimate of drug-likeness (QED) is 0.0665. The molecule has 10 atom stereocenters. The van der Waals surface area contributed by atoms with E-state index in [0.717, 1.165) is 12.2 Å². The SMILES string of the molecule is C[C@@H]1O[C@@H](O[C@@H]2[C@@H](O)[C@H](OCCc3ccc(O)c(O)c3)O[C@H](COC(=O)/C=C/c3ccc(O)cc3)[C@H]2OC(=O)/C=C/c2ccc(O)c(O)c2)[C@H](O)[C@H](O)[C@H]1O. The fourth-order valence-corrected chi connectivity index (χ4v) is 5.71. The number of aliphatic hydroxyl groups excluding tert-OH is 4. The van der Waals surface area contributed by atoms with Crippen molar-refractivity contribution in [1.29, 1.82) is 0 Å². The number of rotatable bonds is 13. The average molecular weight is 771 g/mol. The van der Waals surface area contributed by atoms with Crippen molar-refractivity contribution in [3.8, 4) is 28.7 Å². The van der Waals surface area contributed by atoms with Crippen LogP contribution in [0.1, 0.15) is 23.6 Å². The molecule has 3 aromatic rings. The van der Waals surface area contributed by atoms with Gasteiger partial charge in [-0.1, -0.05) is 24.3 Å². The molecular formula is C38H42O17. The van der Waals surface area contributed by atoms with Crippen LogP contribution < -0.4 is 0 Å². The summed E-state index contributed by atoms with van der Waals surface area (Å²) in [6, 6.07) is 13.8. The first-order valence-corrected chi connectivity index (χ1v) is 17.1. The van der Waals surface area contributed by atoms with Gasteiger partial charge in [0.1, 0.15) is 49.0 Å². The molecule has 0 amide bonds. The molecule has 0 unspecified atom stereocenters. The molecule has 17 heteroatoms. The number of aliphatic hydroxyl groups is 4. The van der Waals surface area contributed by atoms with Gasteiger partial charge in [-0.15, -0.1) is 0 Å². The Hall–Kier alpha value is -5.24. The number of phenolic OH excluding ortho intramolecular Hbond substituents is 5. The number of hydrogen-bond donors (Lipinski definition) is 9. The molecule has 0 aliphatic carbocycles. The van der Waals surface area contributed by atoms with Crippen LogP contribution in [0.3, 0.4) is 0 Å². The van der Waals surface area contributed by atoms with Crippen molar-refractivity contribution >= 4 is 24.1 Å². The highest BCUT2D eigenvalue weighted by atomic mass is 16.7. The summed E-state index contributed by atoms with van der Waals surface area (Å²) < 4.78 is 34.5. The summed E-state index contributed by atoms with van der Waals surface area (Å²) in [4.78, 5) is 26.1. The molecule has 55 heavy (non-hydrogen) atoms. The van der Waals surface area contributed by atoms with Crippen LogP contribution in [-0.2, 0) is 44.4 Å². The molecule has 2 fully saturated rings. The molecule has 3 aromatic carbocycles. The molecule has 9 N–H and O–H groups in total. The Balaban J connectivity index is 1.41. The summed E-state index contributed by atoms with van der Waals surface area (Å²) in [6.45, 7) is 0.648. The Morgan fingerprint density at radius 1 is 0.673 bits per heavy atom. The van der Waals surface area contributed by atoms with E-state index in [1.807, 2.05) is 0 Å². The second kappa shape index (κ2) is 18.4. The van der Waals surface area contributed by atoms with E-state index >= 15 is 0 Å². The number of benzene rings is 3. The molecule has 296 valence electrons. The van der Waals surface area contributed by atoms with Gasteiger partial charge in [0.25, 0.3) is 0 Å². The molecule has 0 saturated carbocycles. The molecule has 2 aliphatic rings. The van der Waals surface area contributed by atoms with Crippen molar-refractivity contribution < 1.29 is 84.0 Å². The van der Waals surface area contributed by atoms with E-state index in [1.165, 1.54) is 67.6 Å². The highest BCUT2D eigenvalue weighted by Crippen LogP contribution is 2.32. The van der Waals surface area contributed by atoms with Crippen LogP contribution in [0.25, 0.3) is 12.2 Å². The Kier molecular flexibility index (Phi) is 13.7. The first-order chi connectivity index (χ1) is 26.2. The van der Waals surface area contributed by atoms with Gasteiger partial charge in [0.05, 0.1) is 12.7 Å². The summed E-state index contributed by atoms with van der Waals surface area (Å²) in [5.41, 5.74) is 1.39. The zero-order valence-electron chi connectivity index (χ0n) is 29.3. The van der Waals surface area contributed by atoms with E-state index in [4.69, 9.17) is 28.4 Å². The lowest BCUT2D eigenvalue weighted by molar-refractivity contribution is -0.357. The van der Waals surface area contributed by atoms with E-state index in [2.05, 4.69) is 0 Å². The molecule has 2 aliphatic heterocycles. The van der Waals surface area contributed by atoms with E-state index in [1.54, 1.807) is 12.1 Å². The van der Waals surface area contributed by atoms with Crippen LogP contribution in [-0.4, -0.2) is 133 Å². The number of aromatic hydroxyl groups is 5. The van der Waals surface area contributed by atoms with Crippen molar-refractivity contribution in [3.05, 3.63) is 89.5 Å². The standard InChI is InChI=1S/C38H42O17/c1-19-31(46)32(47)33(48)38(52-19)55-36-34(49)37(50-15-14-22-5-11-25(41)27(43)17-22)53-28(18-51-29(44)12-6-20-2-8-23(39)9-3-20)35(36)54-30(45)13-7-21-4-10-24(40)26(42)16-21/h2-13,16-17,19,28,31-43,46-49H,14-15,18H2,1H3/b12-6+,13-7+/t19-,28+,31-,32+,33+,34+,35+,36+,37+,38-/m0/s1. The molecule has 17 nitrogen and oxygen atoms in total. The van der Waals surface area contributed by atoms with Crippen LogP contribution in [0.15, 0.2) is 72.8 Å². The van der Waals surface area contributed by atoms with Gasteiger partial charge in [-0.05, 0) is 78.6 Å². The first kappa shape index (κ1) is 40.9. The maximum Gasteiger partial charge on any atom is 0.331 e. The van der Waals surface area contributed by atoms with Crippen LogP contribution >= 0.6 is 0 Å². The number of hydrogen-bond acceptors (Lipinski definition) is 17. The summed E-state index contributed by atoms with van der Waals surface area (Å²) >= 11 is 0. The molecule has 5 rings (SSSR count). The van der Waals surface area contributed by atoms with Crippen LogP contribution in [0.5, 0.6) is 28.7 Å². The van der Waals surface area contributed by atoms with Crippen molar-refractivity contribution in [1.82, 2.24) is 0 Å². The number of carbonyl (C=O) groups excluding carboxylic acids is 2. The van der Waals surface area contributed by atoms with E-state index < -0.39 is 85.7 Å². The molecule has 2 heterocycles. The lowest BCUT2D eigenvalue weighted by Gasteiger charge is -2.46. The second-order valence-electron chi connectivity index (χ2n) is 12.8. The van der Waals surface area contributed by atoms with Crippen molar-refractivity contribution in [2.24, 2.45) is 0 Å². The van der Waals surface area contributed by atoms with Gasteiger partial charge in [0.2, 0.25) is 0 Å². The summed E-state index contributed by atoms with van der Waals surface area (Å²) in [7, 11) is 0. The Labute approximate surface area is 314 Å². The lowest BCUT2D eigenvalue weighted by atomic mass is 9.97. The van der Waals surface area contributed by atoms with E-state index in [0.29, 0.717) is 16.7 Å². The molecule has 0 radical (unpaired) electrons. The number of ether oxygens (including phenoxy) is 6. The second-order valence-corrected chi connectivity index (χ2v) is 12.8. The van der Waals surface area contributed by atoms with Gasteiger partial charge < -0.3 is 74.4 Å². The Morgan fingerprint density at radius 3 is 2.00 bits per heavy atom. The van der Waals surface area contributed by atoms with Crippen molar-refractivity contribution in [3.63, 3.8) is 0 Å². The molecule has 0 aromatic heterocycles. The molecule has 0 bridgehead atoms. The average Bonchev–Trinajstić information content (AvgIpc) is 3.16. The zero-order valence-corrected chi connectivity index (χ0v) is 29.3. The first-order valence-electron chi connectivity index (χ1n) is 17.1. The number of phenols is 5. The van der Waals surface area contributed by atoms with E-state index in [9.17, 15) is 55.5 Å². The lowest BCUT2D eigenvalue weighted by Crippen LogP contribution is -2.65. The van der Waals surface area contributed by atoms with Gasteiger partial charge in [-0.2, -0.15) is 0 Å². The largest absolute Gasteiger partial charge is 0.508 e. The fourth-order valence-electron chi connectivity index (χ4n) is 5.71. The fraction of sp³-hybridized carbons (Fsp3) is 0.368.